The van der Waals surface area contributed by atoms with Crippen LogP contribution in [0.25, 0.3) is 0 Å². The third kappa shape index (κ3) is 3.72. The van der Waals surface area contributed by atoms with E-state index in [0.717, 1.165) is 24.2 Å². The molecule has 2 atom stereocenters. The van der Waals surface area contributed by atoms with Crippen LogP contribution in [0.5, 0.6) is 5.75 Å². The highest BCUT2D eigenvalue weighted by Gasteiger charge is 2.34. The molecule has 1 saturated carbocycles. The third-order valence-electron chi connectivity index (χ3n) is 5.37. The van der Waals surface area contributed by atoms with Crippen molar-refractivity contribution in [2.24, 2.45) is 5.92 Å². The summed E-state index contributed by atoms with van der Waals surface area (Å²) in [5, 5.41) is 3.37. The Labute approximate surface area is 139 Å². The van der Waals surface area contributed by atoms with Crippen molar-refractivity contribution < 1.29 is 13.2 Å². The van der Waals surface area contributed by atoms with Crippen molar-refractivity contribution in [1.29, 1.82) is 0 Å². The molecule has 3 rings (SSSR count). The molecule has 1 aliphatic carbocycles. The molecule has 0 aromatic heterocycles. The van der Waals surface area contributed by atoms with Crippen molar-refractivity contribution in [3.63, 3.8) is 0 Å². The van der Waals surface area contributed by atoms with Gasteiger partial charge in [0.15, 0.2) is 9.84 Å². The fourth-order valence-electron chi connectivity index (χ4n) is 4.09. The van der Waals surface area contributed by atoms with Crippen molar-refractivity contribution in [3.8, 4) is 5.75 Å². The van der Waals surface area contributed by atoms with Crippen LogP contribution in [0.4, 0.5) is 0 Å². The number of methoxy groups -OCH3 is 1. The first kappa shape index (κ1) is 16.8. The summed E-state index contributed by atoms with van der Waals surface area (Å²) in [6.07, 6.45) is 6.52. The van der Waals surface area contributed by atoms with Gasteiger partial charge >= 0.3 is 0 Å². The molecule has 1 aromatic rings. The molecule has 2 fully saturated rings. The van der Waals surface area contributed by atoms with Crippen molar-refractivity contribution in [1.82, 2.24) is 5.32 Å². The van der Waals surface area contributed by atoms with Gasteiger partial charge in [0.2, 0.25) is 0 Å². The Bertz CT molecular complexity index is 623. The van der Waals surface area contributed by atoms with Crippen LogP contribution in [0.15, 0.2) is 24.3 Å². The van der Waals surface area contributed by atoms with Gasteiger partial charge in [0.1, 0.15) is 5.75 Å². The molecule has 1 N–H and O–H groups in total. The predicted molar refractivity (Wildman–Crippen MR) is 92.5 cm³/mol. The van der Waals surface area contributed by atoms with Crippen LogP contribution in [0.3, 0.4) is 0 Å². The van der Waals surface area contributed by atoms with Gasteiger partial charge in [0, 0.05) is 18.2 Å². The second-order valence-corrected chi connectivity index (χ2v) is 9.20. The standard InChI is InChI=1S/C18H27NO3S/c1-22-17-11-5-4-10-16(17)18(14-7-2-3-8-14)19-13-15-9-6-12-23(15,20)21/h4-5,10-11,14-15,18-19H,2-3,6-9,12-13H2,1H3/t15-,18+/m0/s1. The Kier molecular flexibility index (Phi) is 5.27. The van der Waals surface area contributed by atoms with E-state index in [1.54, 1.807) is 7.11 Å². The number of benzene rings is 1. The topological polar surface area (TPSA) is 55.4 Å². The van der Waals surface area contributed by atoms with Crippen LogP contribution < -0.4 is 10.1 Å². The number of nitrogens with one attached hydrogen (secondary N) is 1. The van der Waals surface area contributed by atoms with Crippen LogP contribution in [0.2, 0.25) is 0 Å². The molecule has 23 heavy (non-hydrogen) atoms. The molecule has 0 spiro atoms. The minimum Gasteiger partial charge on any atom is -0.496 e. The average molecular weight is 337 g/mol. The van der Waals surface area contributed by atoms with E-state index >= 15 is 0 Å². The highest BCUT2D eigenvalue weighted by atomic mass is 32.2. The van der Waals surface area contributed by atoms with Crippen LogP contribution in [-0.2, 0) is 9.84 Å². The summed E-state index contributed by atoms with van der Waals surface area (Å²) in [5.74, 6) is 1.81. The number of hydrogen-bond acceptors (Lipinski definition) is 4. The van der Waals surface area contributed by atoms with E-state index in [1.165, 1.54) is 25.7 Å². The largest absolute Gasteiger partial charge is 0.496 e. The Morgan fingerprint density at radius 3 is 2.57 bits per heavy atom. The number of ether oxygens (including phenoxy) is 1. The first-order valence-corrected chi connectivity index (χ1v) is 10.4. The lowest BCUT2D eigenvalue weighted by molar-refractivity contribution is 0.344. The van der Waals surface area contributed by atoms with Crippen LogP contribution in [0, 0.1) is 5.92 Å². The first-order valence-electron chi connectivity index (χ1n) is 8.69. The van der Waals surface area contributed by atoms with Gasteiger partial charge < -0.3 is 10.1 Å². The fourth-order valence-corrected chi connectivity index (χ4v) is 5.87. The van der Waals surface area contributed by atoms with E-state index < -0.39 is 9.84 Å². The van der Waals surface area contributed by atoms with E-state index in [-0.39, 0.29) is 11.3 Å². The van der Waals surface area contributed by atoms with E-state index in [4.69, 9.17) is 4.74 Å². The second kappa shape index (κ2) is 7.22. The summed E-state index contributed by atoms with van der Waals surface area (Å²) in [7, 11) is -1.20. The lowest BCUT2D eigenvalue weighted by atomic mass is 9.91. The highest BCUT2D eigenvalue weighted by molar-refractivity contribution is 7.92. The molecule has 128 valence electrons. The van der Waals surface area contributed by atoms with Gasteiger partial charge in [-0.1, -0.05) is 31.0 Å². The molecule has 0 amide bonds. The minimum atomic E-state index is -2.90. The Balaban J connectivity index is 1.78. The Morgan fingerprint density at radius 2 is 1.91 bits per heavy atom. The summed E-state index contributed by atoms with van der Waals surface area (Å²) < 4.78 is 29.7. The summed E-state index contributed by atoms with van der Waals surface area (Å²) >= 11 is 0. The molecule has 1 saturated heterocycles. The molecule has 1 heterocycles. The SMILES string of the molecule is COc1ccccc1[C@H](NC[C@@H]1CCCS1(=O)=O)C1CCCC1. The molecule has 0 radical (unpaired) electrons. The minimum absolute atomic E-state index is 0.185. The maximum Gasteiger partial charge on any atom is 0.154 e. The normalized spacial score (nSPS) is 25.5. The van der Waals surface area contributed by atoms with Crippen molar-refractivity contribution in [2.75, 3.05) is 19.4 Å². The second-order valence-electron chi connectivity index (χ2n) is 6.80. The monoisotopic (exact) mass is 337 g/mol. The molecule has 2 aliphatic rings. The van der Waals surface area contributed by atoms with Gasteiger partial charge in [-0.15, -0.1) is 0 Å². The maximum absolute atomic E-state index is 12.1. The maximum atomic E-state index is 12.1. The fraction of sp³-hybridized carbons (Fsp3) is 0.667. The zero-order chi connectivity index (χ0) is 16.3. The van der Waals surface area contributed by atoms with E-state index in [2.05, 4.69) is 11.4 Å². The first-order chi connectivity index (χ1) is 11.1. The molecule has 4 nitrogen and oxygen atoms in total. The van der Waals surface area contributed by atoms with Crippen LogP contribution in [-0.4, -0.2) is 33.1 Å². The predicted octanol–water partition coefficient (Wildman–Crippen LogP) is 3.09. The third-order valence-corrected chi connectivity index (χ3v) is 7.65. The Hall–Kier alpha value is -1.07. The number of para-hydroxylation sites is 1. The molecular formula is C18H27NO3S. The summed E-state index contributed by atoms with van der Waals surface area (Å²) in [6, 6.07) is 8.30. The average Bonchev–Trinajstić information content (AvgIpc) is 3.18. The molecule has 5 heteroatoms. The molecule has 0 unspecified atom stereocenters. The summed E-state index contributed by atoms with van der Waals surface area (Å²) in [4.78, 5) is 0. The highest BCUT2D eigenvalue weighted by Crippen LogP contribution is 2.39. The molecule has 1 aliphatic heterocycles. The molecule has 0 bridgehead atoms. The lowest BCUT2D eigenvalue weighted by Crippen LogP contribution is -2.36. The van der Waals surface area contributed by atoms with E-state index in [0.29, 0.717) is 18.2 Å². The van der Waals surface area contributed by atoms with Crippen LogP contribution >= 0.6 is 0 Å². The Morgan fingerprint density at radius 1 is 1.17 bits per heavy atom. The summed E-state index contributed by atoms with van der Waals surface area (Å²) in [6.45, 7) is 0.557. The van der Waals surface area contributed by atoms with Gasteiger partial charge in [-0.2, -0.15) is 0 Å². The molecule has 1 aromatic carbocycles. The van der Waals surface area contributed by atoms with Gasteiger partial charge in [-0.05, 0) is 37.7 Å². The lowest BCUT2D eigenvalue weighted by Gasteiger charge is -2.28. The van der Waals surface area contributed by atoms with E-state index in [9.17, 15) is 8.42 Å². The van der Waals surface area contributed by atoms with Gasteiger partial charge in [-0.25, -0.2) is 8.42 Å². The van der Waals surface area contributed by atoms with Crippen molar-refractivity contribution in [3.05, 3.63) is 29.8 Å². The van der Waals surface area contributed by atoms with Gasteiger partial charge in [0.05, 0.1) is 18.1 Å². The zero-order valence-electron chi connectivity index (χ0n) is 13.8. The quantitative estimate of drug-likeness (QED) is 0.867. The molecular weight excluding hydrogens is 310 g/mol. The van der Waals surface area contributed by atoms with E-state index in [1.807, 2.05) is 18.2 Å². The number of rotatable bonds is 6. The van der Waals surface area contributed by atoms with Gasteiger partial charge in [0.25, 0.3) is 0 Å². The summed E-state index contributed by atoms with van der Waals surface area (Å²) in [5.41, 5.74) is 1.16. The zero-order valence-corrected chi connectivity index (χ0v) is 14.6. The number of hydrogen-bond donors (Lipinski definition) is 1. The van der Waals surface area contributed by atoms with Crippen LogP contribution in [0.1, 0.15) is 50.1 Å². The smallest absolute Gasteiger partial charge is 0.154 e. The van der Waals surface area contributed by atoms with Gasteiger partial charge in [-0.3, -0.25) is 0 Å². The number of sulfone groups is 1. The van der Waals surface area contributed by atoms with Crippen molar-refractivity contribution in [2.45, 2.75) is 49.8 Å². The van der Waals surface area contributed by atoms with Crippen molar-refractivity contribution >= 4 is 9.84 Å².